The van der Waals surface area contributed by atoms with Crippen LogP contribution in [-0.2, 0) is 15.8 Å². The number of aliphatic hydroxyl groups excluding tert-OH is 1. The molecule has 6 nitrogen and oxygen atoms in total. The standard InChI is InChI=1S/C23H19BrF3N3O2.C2H6O/c1-12-19(22(32)30-18-10-9-13(24)11-28-18)20(21-16(29-12)7-4-8-17(21)31)14-5-2-3-6-15(14)23(25,26)27;1-2-3/h2-3,5-6,9-11,20,29H,4,7-8H2,1H3,(H,28,30,32);3H,2H2,1H3. The molecule has 186 valence electrons. The second-order valence-corrected chi connectivity index (χ2v) is 8.90. The second kappa shape index (κ2) is 11.2. The highest BCUT2D eigenvalue weighted by molar-refractivity contribution is 9.10. The highest BCUT2D eigenvalue weighted by Crippen LogP contribution is 2.46. The number of amides is 1. The number of hydrogen-bond acceptors (Lipinski definition) is 5. The Kier molecular flexibility index (Phi) is 8.50. The molecule has 0 spiro atoms. The fourth-order valence-corrected chi connectivity index (χ4v) is 4.47. The number of anilines is 1. The number of carbonyl (C=O) groups is 2. The number of pyridine rings is 1. The summed E-state index contributed by atoms with van der Waals surface area (Å²) in [5.41, 5.74) is 0.316. The maximum Gasteiger partial charge on any atom is 0.416 e. The van der Waals surface area contributed by atoms with Crippen molar-refractivity contribution in [2.75, 3.05) is 11.9 Å². The van der Waals surface area contributed by atoms with E-state index < -0.39 is 23.6 Å². The molecule has 2 aliphatic rings. The number of Topliss-reactive ketones (excluding diaryl/α,β-unsaturated/α-hetero) is 1. The summed E-state index contributed by atoms with van der Waals surface area (Å²) in [5, 5.41) is 13.3. The normalized spacial score (nSPS) is 17.8. The Balaban J connectivity index is 0.00000108. The fourth-order valence-electron chi connectivity index (χ4n) is 4.24. The van der Waals surface area contributed by atoms with Gasteiger partial charge in [-0.15, -0.1) is 0 Å². The minimum atomic E-state index is -4.64. The average molecular weight is 552 g/mol. The molecule has 1 aliphatic heterocycles. The van der Waals surface area contributed by atoms with Crippen molar-refractivity contribution in [2.45, 2.75) is 45.2 Å². The van der Waals surface area contributed by atoms with Gasteiger partial charge in [-0.05, 0) is 66.4 Å². The quantitative estimate of drug-likeness (QED) is 0.470. The molecular formula is C25H25BrF3N3O3. The topological polar surface area (TPSA) is 91.3 Å². The van der Waals surface area contributed by atoms with Gasteiger partial charge in [-0.3, -0.25) is 9.59 Å². The number of hydrogen-bond donors (Lipinski definition) is 3. The number of rotatable bonds is 3. The van der Waals surface area contributed by atoms with E-state index in [9.17, 15) is 22.8 Å². The van der Waals surface area contributed by atoms with Gasteiger partial charge in [-0.1, -0.05) is 18.2 Å². The molecule has 1 aromatic carbocycles. The summed E-state index contributed by atoms with van der Waals surface area (Å²) < 4.78 is 42.4. The number of aliphatic hydroxyl groups is 1. The van der Waals surface area contributed by atoms with E-state index in [0.29, 0.717) is 28.7 Å². The van der Waals surface area contributed by atoms with Gasteiger partial charge in [0.05, 0.1) is 5.56 Å². The maximum absolute atomic E-state index is 13.9. The van der Waals surface area contributed by atoms with Crippen molar-refractivity contribution in [1.82, 2.24) is 10.3 Å². The lowest BCUT2D eigenvalue weighted by Crippen LogP contribution is -2.36. The van der Waals surface area contributed by atoms with Crippen molar-refractivity contribution >= 4 is 33.4 Å². The van der Waals surface area contributed by atoms with Crippen LogP contribution in [0.2, 0.25) is 0 Å². The van der Waals surface area contributed by atoms with Crippen molar-refractivity contribution in [2.24, 2.45) is 0 Å². The number of carbonyl (C=O) groups excluding carboxylic acids is 2. The summed E-state index contributed by atoms with van der Waals surface area (Å²) >= 11 is 3.26. The van der Waals surface area contributed by atoms with Crippen LogP contribution in [0.25, 0.3) is 0 Å². The molecule has 0 fully saturated rings. The molecule has 0 radical (unpaired) electrons. The highest BCUT2D eigenvalue weighted by atomic mass is 79.9. The predicted molar refractivity (Wildman–Crippen MR) is 129 cm³/mol. The molecule has 2 aromatic rings. The van der Waals surface area contributed by atoms with E-state index in [0.717, 1.165) is 6.07 Å². The third-order valence-electron chi connectivity index (χ3n) is 5.57. The predicted octanol–water partition coefficient (Wildman–Crippen LogP) is 5.47. The highest BCUT2D eigenvalue weighted by Gasteiger charge is 2.43. The Labute approximate surface area is 209 Å². The van der Waals surface area contributed by atoms with Gasteiger partial charge in [0.2, 0.25) is 0 Å². The molecule has 1 aliphatic carbocycles. The lowest BCUT2D eigenvalue weighted by Gasteiger charge is -2.35. The van der Waals surface area contributed by atoms with E-state index in [4.69, 9.17) is 5.11 Å². The smallest absolute Gasteiger partial charge is 0.397 e. The second-order valence-electron chi connectivity index (χ2n) is 7.98. The first kappa shape index (κ1) is 26.6. The van der Waals surface area contributed by atoms with Crippen molar-refractivity contribution in [3.63, 3.8) is 0 Å². The Morgan fingerprint density at radius 2 is 1.91 bits per heavy atom. The molecular weight excluding hydrogens is 527 g/mol. The summed E-state index contributed by atoms with van der Waals surface area (Å²) in [6, 6.07) is 8.36. The van der Waals surface area contributed by atoms with Crippen LogP contribution >= 0.6 is 15.9 Å². The molecule has 1 atom stereocenters. The van der Waals surface area contributed by atoms with Crippen LogP contribution in [0.15, 0.2) is 69.6 Å². The summed E-state index contributed by atoms with van der Waals surface area (Å²) in [6.07, 6.45) is -1.77. The zero-order valence-corrected chi connectivity index (χ0v) is 20.8. The number of ketones is 1. The molecule has 4 rings (SSSR count). The van der Waals surface area contributed by atoms with Crippen molar-refractivity contribution in [3.05, 3.63) is 80.7 Å². The van der Waals surface area contributed by atoms with E-state index in [1.807, 2.05) is 0 Å². The van der Waals surface area contributed by atoms with Crippen molar-refractivity contribution < 1.29 is 27.9 Å². The van der Waals surface area contributed by atoms with Gasteiger partial charge in [-0.25, -0.2) is 4.98 Å². The average Bonchev–Trinajstić information content (AvgIpc) is 2.80. The third-order valence-corrected chi connectivity index (χ3v) is 6.04. The first-order valence-electron chi connectivity index (χ1n) is 11.0. The van der Waals surface area contributed by atoms with Gasteiger partial charge >= 0.3 is 6.18 Å². The van der Waals surface area contributed by atoms with Crippen LogP contribution < -0.4 is 10.6 Å². The summed E-state index contributed by atoms with van der Waals surface area (Å²) in [5.74, 6) is -1.75. The summed E-state index contributed by atoms with van der Waals surface area (Å²) in [7, 11) is 0. The van der Waals surface area contributed by atoms with Crippen LogP contribution in [0.4, 0.5) is 19.0 Å². The van der Waals surface area contributed by atoms with Gasteiger partial charge in [0.1, 0.15) is 5.82 Å². The minimum absolute atomic E-state index is 0.0698. The van der Waals surface area contributed by atoms with E-state index in [2.05, 4.69) is 31.5 Å². The molecule has 1 unspecified atom stereocenters. The molecule has 3 N–H and O–H groups in total. The third kappa shape index (κ3) is 5.99. The number of nitrogens with zero attached hydrogens (tertiary/aromatic N) is 1. The number of halogens is 4. The first-order chi connectivity index (χ1) is 16.6. The maximum atomic E-state index is 13.9. The molecule has 2 heterocycles. The number of nitrogens with one attached hydrogen (secondary N) is 2. The lowest BCUT2D eigenvalue weighted by atomic mass is 9.73. The van der Waals surface area contributed by atoms with E-state index >= 15 is 0 Å². The van der Waals surface area contributed by atoms with Gasteiger partial charge in [0.25, 0.3) is 5.91 Å². The van der Waals surface area contributed by atoms with E-state index in [-0.39, 0.29) is 41.3 Å². The number of allylic oxidation sites excluding steroid dienone is 3. The van der Waals surface area contributed by atoms with Gasteiger partial charge in [-0.2, -0.15) is 13.2 Å². The number of aromatic nitrogens is 1. The Bertz CT molecular complexity index is 1170. The largest absolute Gasteiger partial charge is 0.416 e. The van der Waals surface area contributed by atoms with E-state index in [1.54, 1.807) is 26.0 Å². The van der Waals surface area contributed by atoms with Crippen LogP contribution in [0, 0.1) is 0 Å². The minimum Gasteiger partial charge on any atom is -0.397 e. The zero-order valence-electron chi connectivity index (χ0n) is 19.2. The Morgan fingerprint density at radius 3 is 2.54 bits per heavy atom. The number of alkyl halides is 3. The Morgan fingerprint density at radius 1 is 1.23 bits per heavy atom. The lowest BCUT2D eigenvalue weighted by molar-refractivity contribution is -0.138. The molecule has 0 saturated carbocycles. The Hall–Kier alpha value is -2.98. The summed E-state index contributed by atoms with van der Waals surface area (Å²) in [6.45, 7) is 3.57. The summed E-state index contributed by atoms with van der Waals surface area (Å²) in [4.78, 5) is 30.3. The first-order valence-corrected chi connectivity index (χ1v) is 11.8. The molecule has 0 bridgehead atoms. The van der Waals surface area contributed by atoms with E-state index in [1.165, 1.54) is 24.4 Å². The molecule has 1 aromatic heterocycles. The van der Waals surface area contributed by atoms with Gasteiger partial charge in [0, 0.05) is 52.2 Å². The molecule has 0 saturated heterocycles. The van der Waals surface area contributed by atoms with Gasteiger partial charge in [0.15, 0.2) is 5.78 Å². The van der Waals surface area contributed by atoms with Crippen LogP contribution in [0.1, 0.15) is 50.2 Å². The monoisotopic (exact) mass is 551 g/mol. The van der Waals surface area contributed by atoms with Crippen LogP contribution in [-0.4, -0.2) is 28.4 Å². The van der Waals surface area contributed by atoms with Crippen LogP contribution in [0.3, 0.4) is 0 Å². The molecule has 10 heteroatoms. The number of dihydropyridines is 1. The molecule has 1 amide bonds. The SMILES string of the molecule is CC1=C(C(=O)Nc2ccc(Br)cn2)C(c2ccccc2C(F)(F)F)C2=C(CCCC2=O)N1.CCO. The molecule has 35 heavy (non-hydrogen) atoms. The van der Waals surface area contributed by atoms with Crippen molar-refractivity contribution in [1.29, 1.82) is 0 Å². The van der Waals surface area contributed by atoms with Crippen LogP contribution in [0.5, 0.6) is 0 Å². The number of benzene rings is 1. The fraction of sp³-hybridized carbons (Fsp3) is 0.320. The zero-order chi connectivity index (χ0) is 25.8. The van der Waals surface area contributed by atoms with Crippen molar-refractivity contribution in [3.8, 4) is 0 Å². The van der Waals surface area contributed by atoms with Gasteiger partial charge < -0.3 is 15.7 Å².